The van der Waals surface area contributed by atoms with Crippen LogP contribution in [0.15, 0.2) is 16.8 Å². The first-order chi connectivity index (χ1) is 6.16. The van der Waals surface area contributed by atoms with Crippen molar-refractivity contribution in [1.82, 2.24) is 5.32 Å². The molecule has 72 valence electrons. The van der Waals surface area contributed by atoms with Gasteiger partial charge in [-0.2, -0.15) is 11.3 Å². The lowest BCUT2D eigenvalue weighted by molar-refractivity contribution is 0.0754. The normalized spacial score (nSPS) is 31.3. The Kier molecular flexibility index (Phi) is 2.20. The minimum absolute atomic E-state index is 0.426. The first-order valence-electron chi connectivity index (χ1n) is 4.85. The fourth-order valence-corrected chi connectivity index (χ4v) is 3.17. The second-order valence-electron chi connectivity index (χ2n) is 4.51. The van der Waals surface area contributed by atoms with Crippen molar-refractivity contribution < 1.29 is 0 Å². The molecule has 2 heteroatoms. The van der Waals surface area contributed by atoms with Crippen LogP contribution in [0.2, 0.25) is 0 Å². The molecule has 1 aliphatic carbocycles. The zero-order valence-corrected chi connectivity index (χ0v) is 9.32. The smallest absolute Gasteiger partial charge is 0.0127 e. The molecule has 0 aromatic carbocycles. The third kappa shape index (κ3) is 1.32. The van der Waals surface area contributed by atoms with Crippen molar-refractivity contribution in [3.8, 4) is 0 Å². The van der Waals surface area contributed by atoms with Crippen LogP contribution in [0.1, 0.15) is 31.7 Å². The van der Waals surface area contributed by atoms with Gasteiger partial charge in [0.1, 0.15) is 0 Å². The van der Waals surface area contributed by atoms with Gasteiger partial charge in [-0.15, -0.1) is 0 Å². The van der Waals surface area contributed by atoms with Gasteiger partial charge >= 0.3 is 0 Å². The van der Waals surface area contributed by atoms with Crippen LogP contribution in [0.3, 0.4) is 0 Å². The fraction of sp³-hybridized carbons (Fsp3) is 0.636. The van der Waals surface area contributed by atoms with Crippen LogP contribution in [-0.2, 0) is 0 Å². The maximum atomic E-state index is 3.39. The summed E-state index contributed by atoms with van der Waals surface area (Å²) in [6, 6.07) is 2.96. The Morgan fingerprint density at radius 2 is 2.31 bits per heavy atom. The van der Waals surface area contributed by atoms with E-state index in [4.69, 9.17) is 0 Å². The van der Waals surface area contributed by atoms with Crippen LogP contribution in [0, 0.1) is 5.41 Å². The van der Waals surface area contributed by atoms with Crippen molar-refractivity contribution in [2.45, 2.75) is 32.2 Å². The van der Waals surface area contributed by atoms with Gasteiger partial charge in [0, 0.05) is 6.04 Å². The van der Waals surface area contributed by atoms with Crippen molar-refractivity contribution in [1.29, 1.82) is 0 Å². The number of thiophene rings is 1. The van der Waals surface area contributed by atoms with E-state index in [0.29, 0.717) is 11.5 Å². The molecule has 1 fully saturated rings. The lowest BCUT2D eigenvalue weighted by Crippen LogP contribution is -2.54. The van der Waals surface area contributed by atoms with Crippen molar-refractivity contribution in [3.63, 3.8) is 0 Å². The molecule has 1 aromatic rings. The molecule has 1 heterocycles. The molecule has 0 spiro atoms. The third-order valence-electron chi connectivity index (χ3n) is 3.56. The van der Waals surface area contributed by atoms with Gasteiger partial charge in [0.15, 0.2) is 0 Å². The van der Waals surface area contributed by atoms with Crippen LogP contribution in [-0.4, -0.2) is 13.1 Å². The molecular formula is C11H17NS. The number of nitrogens with one attached hydrogen (secondary N) is 1. The zero-order valence-electron chi connectivity index (χ0n) is 8.50. The molecule has 13 heavy (non-hydrogen) atoms. The molecular weight excluding hydrogens is 178 g/mol. The van der Waals surface area contributed by atoms with Crippen LogP contribution >= 0.6 is 11.3 Å². The highest BCUT2D eigenvalue weighted by Gasteiger charge is 2.47. The highest BCUT2D eigenvalue weighted by molar-refractivity contribution is 7.07. The van der Waals surface area contributed by atoms with E-state index >= 15 is 0 Å². The summed E-state index contributed by atoms with van der Waals surface area (Å²) >= 11 is 1.81. The molecule has 0 radical (unpaired) electrons. The van der Waals surface area contributed by atoms with Crippen LogP contribution in [0.5, 0.6) is 0 Å². The summed E-state index contributed by atoms with van der Waals surface area (Å²) < 4.78 is 0. The van der Waals surface area contributed by atoms with Gasteiger partial charge in [-0.25, -0.2) is 0 Å². The molecule has 0 saturated heterocycles. The Bertz CT molecular complexity index is 276. The minimum atomic E-state index is 0.426. The Hall–Kier alpha value is -0.340. The van der Waals surface area contributed by atoms with Gasteiger partial charge in [-0.3, -0.25) is 0 Å². The molecule has 2 rings (SSSR count). The second kappa shape index (κ2) is 3.10. The predicted octanol–water partition coefficient (Wildman–Crippen LogP) is 2.85. The summed E-state index contributed by atoms with van der Waals surface area (Å²) in [4.78, 5) is 0. The maximum Gasteiger partial charge on any atom is 0.0127 e. The topological polar surface area (TPSA) is 12.0 Å². The molecule has 1 saturated carbocycles. The highest BCUT2D eigenvalue weighted by atomic mass is 32.1. The van der Waals surface area contributed by atoms with E-state index in [9.17, 15) is 0 Å². The van der Waals surface area contributed by atoms with E-state index in [1.165, 1.54) is 12.0 Å². The van der Waals surface area contributed by atoms with E-state index in [1.807, 2.05) is 0 Å². The summed E-state index contributed by atoms with van der Waals surface area (Å²) in [6.07, 6.45) is 1.29. The zero-order chi connectivity index (χ0) is 9.47. The van der Waals surface area contributed by atoms with Crippen LogP contribution < -0.4 is 5.32 Å². The first-order valence-corrected chi connectivity index (χ1v) is 5.80. The average molecular weight is 195 g/mol. The average Bonchev–Trinajstić information content (AvgIpc) is 2.56. The lowest BCUT2D eigenvalue weighted by atomic mass is 9.57. The van der Waals surface area contributed by atoms with E-state index < -0.39 is 0 Å². The lowest BCUT2D eigenvalue weighted by Gasteiger charge is -2.52. The monoisotopic (exact) mass is 195 g/mol. The Balaban J connectivity index is 2.14. The molecule has 0 aliphatic heterocycles. The Morgan fingerprint density at radius 1 is 1.54 bits per heavy atom. The molecule has 1 aromatic heterocycles. The molecule has 1 N–H and O–H groups in total. The van der Waals surface area contributed by atoms with Gasteiger partial charge < -0.3 is 5.32 Å². The summed E-state index contributed by atoms with van der Waals surface area (Å²) in [5.41, 5.74) is 1.96. The number of hydrogen-bond donors (Lipinski definition) is 1. The van der Waals surface area contributed by atoms with Crippen molar-refractivity contribution >= 4 is 11.3 Å². The van der Waals surface area contributed by atoms with Gasteiger partial charge in [0.05, 0.1) is 0 Å². The molecule has 0 amide bonds. The Morgan fingerprint density at radius 3 is 2.77 bits per heavy atom. The van der Waals surface area contributed by atoms with Gasteiger partial charge in [-0.05, 0) is 47.2 Å². The maximum absolute atomic E-state index is 3.39. The summed E-state index contributed by atoms with van der Waals surface area (Å²) in [6.45, 7) is 4.72. The quantitative estimate of drug-likeness (QED) is 0.765. The number of hydrogen-bond acceptors (Lipinski definition) is 2. The van der Waals surface area contributed by atoms with Crippen molar-refractivity contribution in [3.05, 3.63) is 22.4 Å². The number of rotatable bonds is 2. The van der Waals surface area contributed by atoms with E-state index in [0.717, 1.165) is 5.92 Å². The summed E-state index contributed by atoms with van der Waals surface area (Å²) in [5.74, 6) is 0.760. The molecule has 2 unspecified atom stereocenters. The van der Waals surface area contributed by atoms with E-state index in [1.54, 1.807) is 11.3 Å². The largest absolute Gasteiger partial charge is 0.316 e. The van der Waals surface area contributed by atoms with E-state index in [-0.39, 0.29) is 0 Å². The van der Waals surface area contributed by atoms with Gasteiger partial charge in [0.2, 0.25) is 0 Å². The molecule has 1 aliphatic rings. The summed E-state index contributed by atoms with van der Waals surface area (Å²) in [5, 5.41) is 7.86. The molecule has 0 bridgehead atoms. The van der Waals surface area contributed by atoms with Crippen LogP contribution in [0.4, 0.5) is 0 Å². The van der Waals surface area contributed by atoms with Gasteiger partial charge in [0.25, 0.3) is 0 Å². The summed E-state index contributed by atoms with van der Waals surface area (Å²) in [7, 11) is 2.07. The van der Waals surface area contributed by atoms with E-state index in [2.05, 4.69) is 43.0 Å². The fourth-order valence-electron chi connectivity index (χ4n) is 2.45. The first kappa shape index (κ1) is 9.22. The third-order valence-corrected chi connectivity index (χ3v) is 4.26. The Labute approximate surface area is 84.2 Å². The highest BCUT2D eigenvalue weighted by Crippen LogP contribution is 2.52. The van der Waals surface area contributed by atoms with Crippen molar-refractivity contribution in [2.24, 2.45) is 5.41 Å². The minimum Gasteiger partial charge on any atom is -0.316 e. The standard InChI is InChI=1S/C11H17NS/c1-11(2)9(6-10(11)12-3)8-4-5-13-7-8/h4-5,7,9-10,12H,6H2,1-3H3. The van der Waals surface area contributed by atoms with Crippen LogP contribution in [0.25, 0.3) is 0 Å². The molecule has 2 atom stereocenters. The molecule has 1 nitrogen and oxygen atoms in total. The predicted molar refractivity (Wildman–Crippen MR) is 58.3 cm³/mol. The second-order valence-corrected chi connectivity index (χ2v) is 5.29. The SMILES string of the molecule is CNC1CC(c2ccsc2)C1(C)C. The van der Waals surface area contributed by atoms with Gasteiger partial charge in [-0.1, -0.05) is 13.8 Å². The van der Waals surface area contributed by atoms with Crippen molar-refractivity contribution in [2.75, 3.05) is 7.05 Å².